The first kappa shape index (κ1) is 32.4. The van der Waals surface area contributed by atoms with Gasteiger partial charge in [0.1, 0.15) is 5.60 Å². The Hall–Kier alpha value is -1.54. The van der Waals surface area contributed by atoms with Gasteiger partial charge in [-0.1, -0.05) is 50.6 Å². The molecule has 1 aromatic rings. The van der Waals surface area contributed by atoms with Crippen LogP contribution in [-0.4, -0.2) is 40.7 Å². The number of hydrogen-bond acceptors (Lipinski definition) is 5. The van der Waals surface area contributed by atoms with Gasteiger partial charge in [-0.05, 0) is 131 Å². The van der Waals surface area contributed by atoms with Crippen LogP contribution in [-0.2, 0) is 14.9 Å². The van der Waals surface area contributed by atoms with Crippen LogP contribution in [0.15, 0.2) is 40.8 Å². The van der Waals surface area contributed by atoms with Gasteiger partial charge >= 0.3 is 0 Å². The lowest BCUT2D eigenvalue weighted by Gasteiger charge is -2.58. The molecule has 0 aliphatic heterocycles. The summed E-state index contributed by atoms with van der Waals surface area (Å²) in [6.45, 7) is 12.3. The van der Waals surface area contributed by atoms with Crippen LogP contribution in [0.4, 0.5) is 0 Å². The minimum atomic E-state index is -4.03. The second kappa shape index (κ2) is 11.9. The molecule has 41 heavy (non-hydrogen) atoms. The summed E-state index contributed by atoms with van der Waals surface area (Å²) in [7, 11) is -4.03. The van der Waals surface area contributed by atoms with Crippen molar-refractivity contribution in [3.8, 4) is 0 Å². The molecule has 4 aliphatic carbocycles. The van der Waals surface area contributed by atoms with E-state index < -0.39 is 15.7 Å². The monoisotopic (exact) mass is 588 g/mol. The van der Waals surface area contributed by atoms with Crippen LogP contribution in [0.5, 0.6) is 0 Å². The van der Waals surface area contributed by atoms with Crippen LogP contribution in [0.25, 0.3) is 0 Å². The van der Waals surface area contributed by atoms with Crippen molar-refractivity contribution in [2.75, 3.05) is 0 Å². The quantitative estimate of drug-likeness (QED) is 0.246. The van der Waals surface area contributed by atoms with E-state index in [0.717, 1.165) is 43.4 Å². The van der Waals surface area contributed by atoms with Gasteiger partial charge in [0.25, 0.3) is 10.1 Å². The molecule has 0 saturated heterocycles. The molecule has 4 aliphatic rings. The van der Waals surface area contributed by atoms with Crippen LogP contribution < -0.4 is 0 Å². The van der Waals surface area contributed by atoms with Crippen molar-refractivity contribution in [2.24, 2.45) is 40.4 Å². The van der Waals surface area contributed by atoms with Crippen molar-refractivity contribution in [2.45, 2.75) is 122 Å². The summed E-state index contributed by atoms with van der Waals surface area (Å²) in [6, 6.07) is 6.27. The van der Waals surface area contributed by atoms with E-state index in [-0.39, 0.29) is 16.8 Å². The number of Topliss-reactive ketones (excluding diaryl/α,β-unsaturated/α-hetero) is 1. The number of hydrogen-bond donors (Lipinski definition) is 3. The number of aryl methyl sites for hydroxylation is 1. The third-order valence-electron chi connectivity index (χ3n) is 11.7. The number of allylic oxidation sites excluding steroid dienone is 1. The van der Waals surface area contributed by atoms with Gasteiger partial charge < -0.3 is 10.2 Å². The number of carbonyl (C=O) groups is 1. The fourth-order valence-corrected chi connectivity index (χ4v) is 10.1. The molecule has 0 spiro atoms. The minimum Gasteiger partial charge on any atom is -0.393 e. The average Bonchev–Trinajstić information content (AvgIpc) is 3.24. The lowest BCUT2D eigenvalue weighted by molar-refractivity contribution is -0.134. The molecule has 3 N–H and O–H groups in total. The van der Waals surface area contributed by atoms with E-state index in [4.69, 9.17) is 4.55 Å². The van der Waals surface area contributed by atoms with Crippen LogP contribution in [0.1, 0.15) is 104 Å². The van der Waals surface area contributed by atoms with E-state index in [2.05, 4.69) is 26.8 Å². The summed E-state index contributed by atoms with van der Waals surface area (Å²) in [4.78, 5) is 12.2. The van der Waals surface area contributed by atoms with Crippen molar-refractivity contribution in [1.82, 2.24) is 0 Å². The fraction of sp³-hybridized carbons (Fsp3) is 0.735. The summed E-state index contributed by atoms with van der Waals surface area (Å²) in [5, 5.41) is 20.2. The highest BCUT2D eigenvalue weighted by atomic mass is 32.2. The SMILES string of the molecule is C[C@H](CCC(=O)C(C)(C)O)[C@H]1CC[C@H]2[C@@H]3CC=C4C[C@@H](O)CC[C@]4(C)[C@H]3CC[C@]12C.Cc1ccccc1S(=O)(=O)O. The Balaban J connectivity index is 0.000000296. The van der Waals surface area contributed by atoms with Gasteiger partial charge in [-0.2, -0.15) is 8.42 Å². The van der Waals surface area contributed by atoms with Gasteiger partial charge in [0.05, 0.1) is 11.0 Å². The van der Waals surface area contributed by atoms with E-state index in [0.29, 0.717) is 34.7 Å². The molecular weight excluding hydrogens is 536 g/mol. The lowest BCUT2D eigenvalue weighted by Crippen LogP contribution is -2.50. The van der Waals surface area contributed by atoms with Gasteiger partial charge in [-0.3, -0.25) is 9.35 Å². The molecule has 7 heteroatoms. The predicted molar refractivity (Wildman–Crippen MR) is 162 cm³/mol. The molecular formula is C34H52O6S. The van der Waals surface area contributed by atoms with Crippen LogP contribution in [0.3, 0.4) is 0 Å². The first-order valence-electron chi connectivity index (χ1n) is 15.6. The van der Waals surface area contributed by atoms with Crippen molar-refractivity contribution >= 4 is 15.9 Å². The maximum Gasteiger partial charge on any atom is 0.294 e. The van der Waals surface area contributed by atoms with Crippen LogP contribution in [0, 0.1) is 47.3 Å². The zero-order valence-electron chi connectivity index (χ0n) is 25.9. The maximum atomic E-state index is 12.3. The van der Waals surface area contributed by atoms with Crippen molar-refractivity contribution in [1.29, 1.82) is 0 Å². The number of fused-ring (bicyclic) bond motifs is 5. The molecule has 0 radical (unpaired) electrons. The van der Waals surface area contributed by atoms with Crippen molar-refractivity contribution < 1.29 is 28.0 Å². The van der Waals surface area contributed by atoms with E-state index >= 15 is 0 Å². The van der Waals surface area contributed by atoms with E-state index in [1.165, 1.54) is 38.2 Å². The molecule has 0 aromatic heterocycles. The van der Waals surface area contributed by atoms with Crippen LogP contribution >= 0.6 is 0 Å². The standard InChI is InChI=1S/C27H44O3.C7H8O3S/c1-17(6-11-24(29)25(2,3)30)21-9-10-22-20-8-7-18-16-19(28)12-14-26(18,4)23(20)13-15-27(21,22)5;1-6-4-2-3-5-7(6)11(8,9)10/h7,17,19-23,28,30H,6,8-16H2,1-5H3;2-5H,1H3,(H,8,9,10)/t17-,19+,20+,21-,22+,23+,26+,27-;/m1./s1. The topological polar surface area (TPSA) is 112 Å². The van der Waals surface area contributed by atoms with Gasteiger partial charge in [0.2, 0.25) is 0 Å². The van der Waals surface area contributed by atoms with Gasteiger partial charge in [-0.15, -0.1) is 0 Å². The normalized spacial score (nSPS) is 35.6. The highest BCUT2D eigenvalue weighted by Crippen LogP contribution is 2.67. The number of aliphatic hydroxyl groups excluding tert-OH is 1. The molecule has 3 saturated carbocycles. The number of aliphatic hydroxyl groups is 2. The Morgan fingerprint density at radius 2 is 1.76 bits per heavy atom. The highest BCUT2D eigenvalue weighted by molar-refractivity contribution is 7.85. The first-order valence-corrected chi connectivity index (χ1v) is 17.1. The van der Waals surface area contributed by atoms with Gasteiger partial charge in [0.15, 0.2) is 5.78 Å². The third kappa shape index (κ3) is 6.53. The maximum absolute atomic E-state index is 12.3. The largest absolute Gasteiger partial charge is 0.393 e. The van der Waals surface area contributed by atoms with E-state index in [1.54, 1.807) is 44.5 Å². The molecule has 5 rings (SSSR count). The van der Waals surface area contributed by atoms with Crippen molar-refractivity contribution in [3.63, 3.8) is 0 Å². The first-order chi connectivity index (χ1) is 19.0. The van der Waals surface area contributed by atoms with Crippen molar-refractivity contribution in [3.05, 3.63) is 41.5 Å². The lowest BCUT2D eigenvalue weighted by atomic mass is 9.47. The number of ketones is 1. The molecule has 0 heterocycles. The Bertz CT molecular complexity index is 1250. The predicted octanol–water partition coefficient (Wildman–Crippen LogP) is 6.92. The molecule has 3 fully saturated rings. The minimum absolute atomic E-state index is 0.0184. The van der Waals surface area contributed by atoms with Crippen LogP contribution in [0.2, 0.25) is 0 Å². The number of carbonyl (C=O) groups excluding carboxylic acids is 1. The summed E-state index contributed by atoms with van der Waals surface area (Å²) < 4.78 is 29.9. The zero-order valence-corrected chi connectivity index (χ0v) is 26.7. The zero-order chi connectivity index (χ0) is 30.4. The fourth-order valence-electron chi connectivity index (χ4n) is 9.33. The molecule has 8 atom stereocenters. The molecule has 0 bridgehead atoms. The summed E-state index contributed by atoms with van der Waals surface area (Å²) in [5.74, 6) is 3.60. The van der Waals surface area contributed by atoms with E-state index in [9.17, 15) is 23.4 Å². The Morgan fingerprint density at radius 3 is 2.37 bits per heavy atom. The Labute approximate surface area is 247 Å². The Morgan fingerprint density at radius 1 is 1.07 bits per heavy atom. The summed E-state index contributed by atoms with van der Waals surface area (Å²) in [5.41, 5.74) is 1.62. The van der Waals surface area contributed by atoms with Gasteiger partial charge in [-0.25, -0.2) is 0 Å². The molecule has 1 aromatic carbocycles. The number of rotatable bonds is 6. The molecule has 0 amide bonds. The smallest absolute Gasteiger partial charge is 0.294 e. The summed E-state index contributed by atoms with van der Waals surface area (Å²) >= 11 is 0. The number of benzene rings is 1. The van der Waals surface area contributed by atoms with E-state index in [1.807, 2.05) is 0 Å². The highest BCUT2D eigenvalue weighted by Gasteiger charge is 2.59. The molecule has 6 nitrogen and oxygen atoms in total. The summed E-state index contributed by atoms with van der Waals surface area (Å²) in [6.07, 6.45) is 13.3. The Kier molecular flexibility index (Phi) is 9.36. The second-order valence-corrected chi connectivity index (χ2v) is 16.0. The molecule has 230 valence electrons. The average molecular weight is 589 g/mol. The third-order valence-corrected chi connectivity index (χ3v) is 12.7. The van der Waals surface area contributed by atoms with Gasteiger partial charge in [0, 0.05) is 6.42 Å². The second-order valence-electron chi connectivity index (χ2n) is 14.6. The molecule has 0 unspecified atom stereocenters.